The Morgan fingerprint density at radius 2 is 0.422 bits per heavy atom. The van der Waals surface area contributed by atoms with Crippen molar-refractivity contribution in [1.82, 2.24) is 9.97 Å². The number of pyridine rings is 6. The van der Waals surface area contributed by atoms with Crippen LogP contribution in [0.3, 0.4) is 0 Å². The van der Waals surface area contributed by atoms with Crippen molar-refractivity contribution in [2.75, 3.05) is 0 Å². The molecule has 20 bridgehead atoms. The molecule has 6 heteroatoms. The Morgan fingerprint density at radius 3 is 0.625 bits per heavy atom. The lowest BCUT2D eigenvalue weighted by Crippen LogP contribution is -2.33. The molecule has 64 heavy (non-hydrogen) atoms. The van der Waals surface area contributed by atoms with Gasteiger partial charge in [-0.25, -0.2) is 28.2 Å². The molecule has 304 valence electrons. The summed E-state index contributed by atoms with van der Waals surface area (Å²) in [6.45, 7) is 3.16. The molecule has 0 amide bonds. The normalized spacial score (nSPS) is 12.1. The standard InChI is InChI=1S/C58H46N6/c1-3-55-51-15-7-43(8-16-51)39-61-31-23-47(24-32-61)49-27-35-63(36-28-49)41-45-11-19-53(20-12-45)57-5-2-6-58(60-57)54-21-13-46(14-22-54)42-64-37-29-50(30-38-64)48-25-33-62(34-26-48)40-44-9-17-52(18-10-44)56(4-1)59-55/h1-38H,39-42H2/q+4. The molecule has 23 rings (SSSR count). The smallest absolute Gasteiger partial charge is 0.173 e. The van der Waals surface area contributed by atoms with Crippen LogP contribution in [0.5, 0.6) is 0 Å². The van der Waals surface area contributed by atoms with Gasteiger partial charge in [-0.3, -0.25) is 0 Å². The topological polar surface area (TPSA) is 41.3 Å². The summed E-state index contributed by atoms with van der Waals surface area (Å²) in [6.07, 6.45) is 17.3. The van der Waals surface area contributed by atoms with Crippen LogP contribution in [-0.2, 0) is 26.2 Å². The van der Waals surface area contributed by atoms with E-state index >= 15 is 0 Å². The van der Waals surface area contributed by atoms with E-state index in [-0.39, 0.29) is 0 Å². The predicted molar refractivity (Wildman–Crippen MR) is 251 cm³/mol. The number of hydrogen-bond donors (Lipinski definition) is 0. The Kier molecular flexibility index (Phi) is 10.4. The van der Waals surface area contributed by atoms with E-state index in [1.54, 1.807) is 0 Å². The first kappa shape index (κ1) is 38.7. The fourth-order valence-corrected chi connectivity index (χ4v) is 8.50. The molecule has 0 fully saturated rings. The molecule has 0 unspecified atom stereocenters. The van der Waals surface area contributed by atoms with Crippen LogP contribution < -0.4 is 18.3 Å². The van der Waals surface area contributed by atoms with E-state index in [0.29, 0.717) is 0 Å². The predicted octanol–water partition coefficient (Wildman–Crippen LogP) is 10.1. The molecule has 13 aliphatic heterocycles. The van der Waals surface area contributed by atoms with E-state index in [9.17, 15) is 0 Å². The van der Waals surface area contributed by atoms with Gasteiger partial charge in [0.15, 0.2) is 75.8 Å². The minimum absolute atomic E-state index is 0.790. The van der Waals surface area contributed by atoms with Crippen LogP contribution in [-0.4, -0.2) is 9.97 Å². The minimum Gasteiger partial charge on any atom is -0.248 e. The summed E-state index contributed by atoms with van der Waals surface area (Å²) in [4.78, 5) is 10.1. The maximum absolute atomic E-state index is 5.07. The largest absolute Gasteiger partial charge is 0.248 e. The van der Waals surface area contributed by atoms with Crippen LogP contribution in [0.4, 0.5) is 0 Å². The van der Waals surface area contributed by atoms with E-state index in [1.807, 2.05) is 0 Å². The minimum atomic E-state index is 0.790. The van der Waals surface area contributed by atoms with E-state index in [2.05, 4.69) is 250 Å². The van der Waals surface area contributed by atoms with Crippen molar-refractivity contribution in [3.8, 4) is 67.3 Å². The molecule has 0 atom stereocenters. The molecule has 13 aliphatic rings. The van der Waals surface area contributed by atoms with Gasteiger partial charge in [-0.1, -0.05) is 109 Å². The van der Waals surface area contributed by atoms with Crippen LogP contribution in [0, 0.1) is 0 Å². The number of benzene rings is 4. The average molecular weight is 827 g/mol. The second-order valence-corrected chi connectivity index (χ2v) is 16.6. The Morgan fingerprint density at radius 1 is 0.219 bits per heavy atom. The molecule has 0 saturated carbocycles. The van der Waals surface area contributed by atoms with Crippen molar-refractivity contribution in [3.63, 3.8) is 0 Å². The van der Waals surface area contributed by atoms with Crippen LogP contribution in [0.25, 0.3) is 67.3 Å². The van der Waals surface area contributed by atoms with Crippen molar-refractivity contribution in [2.45, 2.75) is 26.2 Å². The Hall–Kier alpha value is -8.22. The van der Waals surface area contributed by atoms with Gasteiger partial charge in [0.25, 0.3) is 0 Å². The van der Waals surface area contributed by atoms with Gasteiger partial charge in [0.2, 0.25) is 0 Å². The third-order valence-electron chi connectivity index (χ3n) is 12.2. The Bertz CT molecular complexity index is 2750. The maximum Gasteiger partial charge on any atom is 0.173 e. The second-order valence-electron chi connectivity index (χ2n) is 16.6. The van der Waals surface area contributed by atoms with Gasteiger partial charge in [0.1, 0.15) is 0 Å². The summed E-state index contributed by atoms with van der Waals surface area (Å²) < 4.78 is 8.89. The molecule has 0 saturated heterocycles. The quantitative estimate of drug-likeness (QED) is 0.143. The highest BCUT2D eigenvalue weighted by molar-refractivity contribution is 5.68. The van der Waals surface area contributed by atoms with Crippen LogP contribution in [0.2, 0.25) is 0 Å². The highest BCUT2D eigenvalue weighted by Gasteiger charge is 2.13. The van der Waals surface area contributed by atoms with Crippen molar-refractivity contribution in [1.29, 1.82) is 0 Å². The van der Waals surface area contributed by atoms with E-state index in [4.69, 9.17) is 9.97 Å². The molecule has 6 aromatic heterocycles. The molecule has 19 heterocycles. The highest BCUT2D eigenvalue weighted by atomic mass is 14.9. The molecule has 0 spiro atoms. The second kappa shape index (κ2) is 17.3. The van der Waals surface area contributed by atoms with Gasteiger partial charge >= 0.3 is 0 Å². The summed E-state index contributed by atoms with van der Waals surface area (Å²) in [5.74, 6) is 0. The summed E-state index contributed by atoms with van der Waals surface area (Å²) >= 11 is 0. The zero-order chi connectivity index (χ0) is 42.7. The Balaban J connectivity index is 0.860. The molecule has 0 radical (unpaired) electrons. The number of rotatable bonds is 0. The van der Waals surface area contributed by atoms with Crippen LogP contribution in [0.15, 0.2) is 232 Å². The van der Waals surface area contributed by atoms with Gasteiger partial charge in [0.05, 0.1) is 22.8 Å². The van der Waals surface area contributed by atoms with Gasteiger partial charge < -0.3 is 0 Å². The number of aromatic nitrogens is 6. The highest BCUT2D eigenvalue weighted by Crippen LogP contribution is 2.26. The summed E-state index contributed by atoms with van der Waals surface area (Å²) in [7, 11) is 0. The maximum atomic E-state index is 5.07. The molecular weight excluding hydrogens is 781 g/mol. The first-order chi connectivity index (χ1) is 31.6. The van der Waals surface area contributed by atoms with Crippen molar-refractivity contribution in [3.05, 3.63) is 254 Å². The first-order valence-electron chi connectivity index (χ1n) is 21.9. The third kappa shape index (κ3) is 8.63. The van der Waals surface area contributed by atoms with Crippen LogP contribution in [0.1, 0.15) is 22.3 Å². The Labute approximate surface area is 374 Å². The lowest BCUT2D eigenvalue weighted by atomic mass is 10.0. The third-order valence-corrected chi connectivity index (χ3v) is 12.2. The molecular formula is C58H46N6+4. The van der Waals surface area contributed by atoms with Crippen molar-refractivity contribution in [2.24, 2.45) is 0 Å². The van der Waals surface area contributed by atoms with Gasteiger partial charge in [-0.2, -0.15) is 0 Å². The first-order valence-corrected chi connectivity index (χ1v) is 21.9. The lowest BCUT2D eigenvalue weighted by molar-refractivity contribution is -0.688. The van der Waals surface area contributed by atoms with Gasteiger partial charge in [0, 0.05) is 93.0 Å². The number of nitrogens with zero attached hydrogens (tertiary/aromatic N) is 6. The zero-order valence-corrected chi connectivity index (χ0v) is 35.5. The van der Waals surface area contributed by atoms with E-state index < -0.39 is 0 Å². The van der Waals surface area contributed by atoms with Crippen molar-refractivity contribution < 1.29 is 18.3 Å². The summed E-state index contributed by atoms with van der Waals surface area (Å²) in [5, 5.41) is 0. The summed E-state index contributed by atoms with van der Waals surface area (Å²) in [6, 6.07) is 65.2. The monoisotopic (exact) mass is 826 g/mol. The summed E-state index contributed by atoms with van der Waals surface area (Å²) in [5.41, 5.74) is 18.0. The number of hydrogen-bond acceptors (Lipinski definition) is 2. The molecule has 0 N–H and O–H groups in total. The fraction of sp³-hybridized carbons (Fsp3) is 0.0690. The SMILES string of the molecule is c1cc2nc(c1)-c1ccc(cc1)C[n+]1ccc(cc1)-c1cc[n+](cc1)Cc1ccc(cc1)-c1cccc(n1)-c1ccc(cc1)C[n+]1ccc(cc1)-c1cc[n+](cc1)Cc1ccc-2cc1. The van der Waals surface area contributed by atoms with Gasteiger partial charge in [-0.15, -0.1) is 0 Å². The van der Waals surface area contributed by atoms with Crippen LogP contribution >= 0.6 is 0 Å². The van der Waals surface area contributed by atoms with Crippen molar-refractivity contribution >= 4 is 0 Å². The average Bonchev–Trinajstić information content (AvgIpc) is 3.36. The molecule has 4 aromatic carbocycles. The zero-order valence-electron chi connectivity index (χ0n) is 35.5. The van der Waals surface area contributed by atoms with E-state index in [1.165, 1.54) is 44.5 Å². The molecule has 10 aromatic rings. The van der Waals surface area contributed by atoms with E-state index in [0.717, 1.165) is 71.2 Å². The fourth-order valence-electron chi connectivity index (χ4n) is 8.50. The molecule has 6 nitrogen and oxygen atoms in total. The van der Waals surface area contributed by atoms with Gasteiger partial charge in [-0.05, 0) is 46.5 Å². The molecule has 0 aliphatic carbocycles. The lowest BCUT2D eigenvalue weighted by Gasteiger charge is -2.07.